The minimum Gasteiger partial charge on any atom is -0.460 e. The van der Waals surface area contributed by atoms with Crippen LogP contribution in [0.15, 0.2) is 34.7 Å². The average Bonchev–Trinajstić information content (AvgIpc) is 2.90. The van der Waals surface area contributed by atoms with Crippen LogP contribution in [-0.2, 0) is 11.3 Å². The van der Waals surface area contributed by atoms with E-state index in [1.54, 1.807) is 0 Å². The van der Waals surface area contributed by atoms with Gasteiger partial charge in [0.15, 0.2) is 0 Å². The average molecular weight is 287 g/mol. The lowest BCUT2D eigenvalue weighted by Gasteiger charge is -2.29. The predicted octanol–water partition coefficient (Wildman–Crippen LogP) is 1.30. The summed E-state index contributed by atoms with van der Waals surface area (Å²) in [5.41, 5.74) is 0.898. The number of amides is 1. The van der Waals surface area contributed by atoms with E-state index in [1.165, 1.54) is 0 Å². The first-order valence-corrected chi connectivity index (χ1v) is 7.37. The van der Waals surface area contributed by atoms with Crippen molar-refractivity contribution in [1.82, 2.24) is 15.1 Å². The fourth-order valence-corrected chi connectivity index (χ4v) is 2.68. The lowest BCUT2D eigenvalue weighted by molar-refractivity contribution is -0.132. The molecule has 0 radical (unpaired) electrons. The maximum absolute atomic E-state index is 12.2. The number of rotatable bonds is 4. The van der Waals surface area contributed by atoms with E-state index in [0.29, 0.717) is 13.1 Å². The van der Waals surface area contributed by atoms with Crippen LogP contribution in [0.1, 0.15) is 5.76 Å². The molecule has 1 amide bonds. The highest BCUT2D eigenvalue weighted by molar-refractivity contribution is 5.79. The fourth-order valence-electron chi connectivity index (χ4n) is 2.68. The molecule has 0 saturated carbocycles. The first-order valence-electron chi connectivity index (χ1n) is 7.37. The van der Waals surface area contributed by atoms with Gasteiger partial charge in [0.1, 0.15) is 11.3 Å². The van der Waals surface area contributed by atoms with Gasteiger partial charge in [-0.3, -0.25) is 9.69 Å². The molecule has 5 heteroatoms. The lowest BCUT2D eigenvalue weighted by Crippen LogP contribution is -2.49. The quantitative estimate of drug-likeness (QED) is 0.921. The van der Waals surface area contributed by atoms with Crippen molar-refractivity contribution in [2.24, 2.45) is 0 Å². The van der Waals surface area contributed by atoms with Crippen LogP contribution in [0, 0.1) is 0 Å². The van der Waals surface area contributed by atoms with Crippen LogP contribution in [0.2, 0.25) is 0 Å². The number of carbonyl (C=O) groups is 1. The van der Waals surface area contributed by atoms with E-state index in [4.69, 9.17) is 4.42 Å². The number of furan rings is 1. The molecule has 112 valence electrons. The van der Waals surface area contributed by atoms with Crippen molar-refractivity contribution in [3.8, 4) is 0 Å². The smallest absolute Gasteiger partial charge is 0.236 e. The van der Waals surface area contributed by atoms with E-state index in [1.807, 2.05) is 47.2 Å². The summed E-state index contributed by atoms with van der Waals surface area (Å²) in [4.78, 5) is 16.1. The normalized spacial score (nSPS) is 15.8. The first kappa shape index (κ1) is 14.1. The molecule has 21 heavy (non-hydrogen) atoms. The Bertz CT molecular complexity index is 584. The zero-order chi connectivity index (χ0) is 14.7. The lowest BCUT2D eigenvalue weighted by atomic mass is 10.2. The number of fused-ring (bicyclic) bond motifs is 1. The van der Waals surface area contributed by atoms with Crippen LogP contribution in [0.25, 0.3) is 11.0 Å². The van der Waals surface area contributed by atoms with Gasteiger partial charge in [0.25, 0.3) is 0 Å². The minimum atomic E-state index is 0.190. The van der Waals surface area contributed by atoms with Crippen LogP contribution in [0.3, 0.4) is 0 Å². The highest BCUT2D eigenvalue weighted by Gasteiger charge is 2.18. The van der Waals surface area contributed by atoms with Gasteiger partial charge in [-0.15, -0.1) is 0 Å². The Labute approximate surface area is 124 Å². The zero-order valence-electron chi connectivity index (χ0n) is 12.3. The summed E-state index contributed by atoms with van der Waals surface area (Å²) in [5.74, 6) is 1.09. The molecule has 0 unspecified atom stereocenters. The second-order valence-corrected chi connectivity index (χ2v) is 5.55. The van der Waals surface area contributed by atoms with Crippen LogP contribution >= 0.6 is 0 Å². The maximum atomic E-state index is 12.2. The molecule has 1 aliphatic rings. The second-order valence-electron chi connectivity index (χ2n) is 5.55. The molecule has 1 N–H and O–H groups in total. The third kappa shape index (κ3) is 3.43. The number of likely N-dealkylation sites (N-methyl/N-ethyl adjacent to an activating group) is 1. The van der Waals surface area contributed by atoms with Crippen LogP contribution in [0.4, 0.5) is 0 Å². The molecule has 1 aromatic carbocycles. The zero-order valence-corrected chi connectivity index (χ0v) is 12.3. The number of para-hydroxylation sites is 1. The monoisotopic (exact) mass is 287 g/mol. The molecule has 5 nitrogen and oxygen atoms in total. The first-order chi connectivity index (χ1) is 10.2. The highest BCUT2D eigenvalue weighted by atomic mass is 16.3. The van der Waals surface area contributed by atoms with E-state index in [9.17, 15) is 4.79 Å². The summed E-state index contributed by atoms with van der Waals surface area (Å²) in [6.07, 6.45) is 0. The number of nitrogens with one attached hydrogen (secondary N) is 1. The van der Waals surface area contributed by atoms with Crippen molar-refractivity contribution in [3.05, 3.63) is 36.1 Å². The van der Waals surface area contributed by atoms with E-state index in [-0.39, 0.29) is 5.91 Å². The van der Waals surface area contributed by atoms with Gasteiger partial charge >= 0.3 is 0 Å². The van der Waals surface area contributed by atoms with Crippen molar-refractivity contribution >= 4 is 16.9 Å². The van der Waals surface area contributed by atoms with Crippen molar-refractivity contribution in [2.45, 2.75) is 6.54 Å². The van der Waals surface area contributed by atoms with Gasteiger partial charge < -0.3 is 14.6 Å². The molecule has 1 aromatic heterocycles. The van der Waals surface area contributed by atoms with E-state index in [2.05, 4.69) is 5.32 Å². The molecule has 2 heterocycles. The van der Waals surface area contributed by atoms with Crippen LogP contribution < -0.4 is 5.32 Å². The van der Waals surface area contributed by atoms with Crippen molar-refractivity contribution in [2.75, 3.05) is 39.8 Å². The van der Waals surface area contributed by atoms with Crippen molar-refractivity contribution < 1.29 is 9.21 Å². The van der Waals surface area contributed by atoms with E-state index < -0.39 is 0 Å². The summed E-state index contributed by atoms with van der Waals surface area (Å²) in [6.45, 7) is 4.45. The highest BCUT2D eigenvalue weighted by Crippen LogP contribution is 2.19. The molecular formula is C16H21N3O2. The third-order valence-electron chi connectivity index (χ3n) is 3.78. The molecule has 1 aliphatic heterocycles. The van der Waals surface area contributed by atoms with E-state index in [0.717, 1.165) is 42.9 Å². The molecular weight excluding hydrogens is 266 g/mol. The van der Waals surface area contributed by atoms with Gasteiger partial charge in [0.05, 0.1) is 13.1 Å². The van der Waals surface area contributed by atoms with E-state index >= 15 is 0 Å². The van der Waals surface area contributed by atoms with Gasteiger partial charge in [0.2, 0.25) is 5.91 Å². The Kier molecular flexibility index (Phi) is 4.22. The number of nitrogens with zero attached hydrogens (tertiary/aromatic N) is 2. The molecule has 3 rings (SSSR count). The standard InChI is InChI=1S/C16H21N3O2/c1-18(12-16(20)19-8-6-17-7-9-19)11-14-10-13-4-2-3-5-15(13)21-14/h2-5,10,17H,6-9,11-12H2,1H3. The minimum absolute atomic E-state index is 0.190. The van der Waals surface area contributed by atoms with Gasteiger partial charge in [0, 0.05) is 31.6 Å². The van der Waals surface area contributed by atoms with Gasteiger partial charge in [-0.25, -0.2) is 0 Å². The Hall–Kier alpha value is -1.85. The largest absolute Gasteiger partial charge is 0.460 e. The number of piperazine rings is 1. The van der Waals surface area contributed by atoms with Crippen molar-refractivity contribution in [3.63, 3.8) is 0 Å². The topological polar surface area (TPSA) is 48.7 Å². The molecule has 1 saturated heterocycles. The van der Waals surface area contributed by atoms with Crippen LogP contribution in [0.5, 0.6) is 0 Å². The number of carbonyl (C=O) groups excluding carboxylic acids is 1. The number of hydrogen-bond donors (Lipinski definition) is 1. The van der Waals surface area contributed by atoms with Gasteiger partial charge in [-0.05, 0) is 19.2 Å². The Morgan fingerprint density at radius 1 is 1.33 bits per heavy atom. The molecule has 0 atom stereocenters. The van der Waals surface area contributed by atoms with Gasteiger partial charge in [-0.2, -0.15) is 0 Å². The SMILES string of the molecule is CN(CC(=O)N1CCNCC1)Cc1cc2ccccc2o1. The summed E-state index contributed by atoms with van der Waals surface area (Å²) < 4.78 is 5.79. The fraction of sp³-hybridized carbons (Fsp3) is 0.438. The Morgan fingerprint density at radius 2 is 2.10 bits per heavy atom. The predicted molar refractivity (Wildman–Crippen MR) is 82.0 cm³/mol. The molecule has 0 aliphatic carbocycles. The van der Waals surface area contributed by atoms with Crippen molar-refractivity contribution in [1.29, 1.82) is 0 Å². The number of hydrogen-bond acceptors (Lipinski definition) is 4. The van der Waals surface area contributed by atoms with Gasteiger partial charge in [-0.1, -0.05) is 18.2 Å². The third-order valence-corrected chi connectivity index (χ3v) is 3.78. The summed E-state index contributed by atoms with van der Waals surface area (Å²) in [5, 5.41) is 4.36. The molecule has 2 aromatic rings. The maximum Gasteiger partial charge on any atom is 0.236 e. The summed E-state index contributed by atoms with van der Waals surface area (Å²) in [7, 11) is 1.95. The summed E-state index contributed by atoms with van der Waals surface area (Å²) >= 11 is 0. The Morgan fingerprint density at radius 3 is 2.86 bits per heavy atom. The second kappa shape index (κ2) is 6.28. The Balaban J connectivity index is 1.57. The summed E-state index contributed by atoms with van der Waals surface area (Å²) in [6, 6.07) is 10.0. The molecule has 0 bridgehead atoms. The molecule has 1 fully saturated rings. The molecule has 0 spiro atoms. The van der Waals surface area contributed by atoms with Crippen LogP contribution in [-0.4, -0.2) is 55.5 Å². The number of benzene rings is 1.